The van der Waals surface area contributed by atoms with Crippen LogP contribution in [0.25, 0.3) is 0 Å². The lowest BCUT2D eigenvalue weighted by atomic mass is 9.43. The molecule has 1 N–H and O–H groups in total. The van der Waals surface area contributed by atoms with Gasteiger partial charge in [0.2, 0.25) is 0 Å². The van der Waals surface area contributed by atoms with E-state index in [1.165, 1.54) is 25.7 Å². The Morgan fingerprint density at radius 3 is 2.72 bits per heavy atom. The van der Waals surface area contributed by atoms with E-state index in [0.29, 0.717) is 23.4 Å². The molecule has 100 valence electrons. The third kappa shape index (κ3) is 1.32. The molecule has 0 spiro atoms. The molecule has 3 aliphatic carbocycles. The zero-order valence-corrected chi connectivity index (χ0v) is 11.7. The van der Waals surface area contributed by atoms with Crippen molar-refractivity contribution in [1.29, 1.82) is 0 Å². The fraction of sp³-hybridized carbons (Fsp3) is 1.00. The van der Waals surface area contributed by atoms with Crippen molar-refractivity contribution >= 4 is 7.12 Å². The molecule has 2 bridgehead atoms. The molecule has 2 heterocycles. The largest absolute Gasteiger partial charge is 0.475 e. The molecular formula is C14H24BNO2. The van der Waals surface area contributed by atoms with E-state index in [-0.39, 0.29) is 12.7 Å². The quantitative estimate of drug-likeness (QED) is 0.721. The molecule has 5 fully saturated rings. The van der Waals surface area contributed by atoms with E-state index >= 15 is 0 Å². The lowest BCUT2D eigenvalue weighted by Crippen LogP contribution is -2.65. The monoisotopic (exact) mass is 249 g/mol. The van der Waals surface area contributed by atoms with Gasteiger partial charge in [-0.05, 0) is 56.4 Å². The Labute approximate surface area is 110 Å². The smallest absolute Gasteiger partial charge is 0.404 e. The van der Waals surface area contributed by atoms with Crippen LogP contribution in [0.15, 0.2) is 0 Å². The van der Waals surface area contributed by atoms with Gasteiger partial charge in [0.1, 0.15) is 0 Å². The highest BCUT2D eigenvalue weighted by atomic mass is 16.7. The summed E-state index contributed by atoms with van der Waals surface area (Å²) >= 11 is 0. The third-order valence-corrected chi connectivity index (χ3v) is 6.40. The molecule has 0 aromatic carbocycles. The van der Waals surface area contributed by atoms with Gasteiger partial charge < -0.3 is 14.6 Å². The molecule has 18 heavy (non-hydrogen) atoms. The predicted molar refractivity (Wildman–Crippen MR) is 71.1 cm³/mol. The van der Waals surface area contributed by atoms with E-state index in [9.17, 15) is 0 Å². The van der Waals surface area contributed by atoms with Crippen LogP contribution in [0.1, 0.15) is 46.5 Å². The molecule has 5 aliphatic rings. The van der Waals surface area contributed by atoms with Crippen LogP contribution in [0.5, 0.6) is 0 Å². The number of nitrogens with one attached hydrogen (secondary N) is 1. The fourth-order valence-corrected chi connectivity index (χ4v) is 5.01. The number of hydrogen-bond donors (Lipinski definition) is 1. The molecule has 4 heteroatoms. The maximum absolute atomic E-state index is 6.44. The van der Waals surface area contributed by atoms with E-state index in [1.807, 2.05) is 0 Å². The van der Waals surface area contributed by atoms with E-state index < -0.39 is 0 Å². The van der Waals surface area contributed by atoms with Gasteiger partial charge in [0.25, 0.3) is 0 Å². The van der Waals surface area contributed by atoms with Crippen molar-refractivity contribution in [3.8, 4) is 0 Å². The lowest BCUT2D eigenvalue weighted by molar-refractivity contribution is -0.199. The summed E-state index contributed by atoms with van der Waals surface area (Å²) in [5.74, 6) is 1.95. The second kappa shape index (κ2) is 3.53. The zero-order valence-electron chi connectivity index (χ0n) is 11.7. The van der Waals surface area contributed by atoms with Gasteiger partial charge in [0, 0.05) is 5.94 Å². The van der Waals surface area contributed by atoms with Crippen molar-refractivity contribution in [3.63, 3.8) is 0 Å². The summed E-state index contributed by atoms with van der Waals surface area (Å²) < 4.78 is 12.7. The van der Waals surface area contributed by atoms with Gasteiger partial charge in [-0.2, -0.15) is 0 Å². The summed E-state index contributed by atoms with van der Waals surface area (Å²) in [4.78, 5) is 0. The van der Waals surface area contributed by atoms with Gasteiger partial charge in [-0.15, -0.1) is 0 Å². The Morgan fingerprint density at radius 2 is 2.06 bits per heavy atom. The minimum Gasteiger partial charge on any atom is -0.404 e. The molecule has 2 aliphatic heterocycles. The molecule has 2 unspecified atom stereocenters. The number of rotatable bonds is 1. The molecule has 2 saturated heterocycles. The molecule has 5 rings (SSSR count). The molecule has 0 radical (unpaired) electrons. The topological polar surface area (TPSA) is 30.5 Å². The molecule has 0 aromatic rings. The molecule has 5 atom stereocenters. The minimum absolute atomic E-state index is 0.00218. The highest BCUT2D eigenvalue weighted by Crippen LogP contribution is 2.65. The van der Waals surface area contributed by atoms with E-state index in [2.05, 4.69) is 26.1 Å². The predicted octanol–water partition coefficient (Wildman–Crippen LogP) is 2.01. The first-order chi connectivity index (χ1) is 8.52. The van der Waals surface area contributed by atoms with Gasteiger partial charge in [-0.3, -0.25) is 0 Å². The first kappa shape index (κ1) is 11.7. The van der Waals surface area contributed by atoms with Crippen molar-refractivity contribution in [1.82, 2.24) is 5.32 Å². The Hall–Kier alpha value is -0.0551. The summed E-state index contributed by atoms with van der Waals surface area (Å²) in [5.41, 5.74) is 0.416. The van der Waals surface area contributed by atoms with Crippen LogP contribution in [0.4, 0.5) is 0 Å². The van der Waals surface area contributed by atoms with Gasteiger partial charge in [-0.25, -0.2) is 0 Å². The highest BCUT2D eigenvalue weighted by Gasteiger charge is 2.68. The Kier molecular flexibility index (Phi) is 2.30. The maximum Gasteiger partial charge on any atom is 0.475 e. The van der Waals surface area contributed by atoms with Crippen molar-refractivity contribution in [2.45, 2.75) is 64.1 Å². The lowest BCUT2D eigenvalue weighted by Gasteiger charge is -2.64. The standard InChI is InChI=1S/C14H24BNO2/c1-13(2)9-7-10(13)14(3)11(8-9)17-15(18-14)12-5-4-6-16-12/h9-12,16H,4-8H2,1-3H3/t9-,10-,11?,12?,14+/m1/s1. The van der Waals surface area contributed by atoms with Crippen molar-refractivity contribution in [2.24, 2.45) is 17.3 Å². The fourth-order valence-electron chi connectivity index (χ4n) is 5.01. The summed E-state index contributed by atoms with van der Waals surface area (Å²) in [5, 5.41) is 3.52. The highest BCUT2D eigenvalue weighted by molar-refractivity contribution is 6.47. The van der Waals surface area contributed by atoms with E-state index in [4.69, 9.17) is 9.31 Å². The summed E-state index contributed by atoms with van der Waals surface area (Å²) in [7, 11) is -0.00218. The Balaban J connectivity index is 1.57. The van der Waals surface area contributed by atoms with Crippen LogP contribution in [-0.2, 0) is 9.31 Å². The average Bonchev–Trinajstić information content (AvgIpc) is 2.92. The van der Waals surface area contributed by atoms with Crippen molar-refractivity contribution in [3.05, 3.63) is 0 Å². The van der Waals surface area contributed by atoms with Crippen molar-refractivity contribution in [2.75, 3.05) is 6.54 Å². The molecule has 0 aromatic heterocycles. The summed E-state index contributed by atoms with van der Waals surface area (Å²) in [6.07, 6.45) is 5.33. The average molecular weight is 249 g/mol. The second-order valence-electron chi connectivity index (χ2n) is 7.54. The van der Waals surface area contributed by atoms with Crippen LogP contribution in [0, 0.1) is 17.3 Å². The van der Waals surface area contributed by atoms with Crippen molar-refractivity contribution < 1.29 is 9.31 Å². The van der Waals surface area contributed by atoms with E-state index in [1.54, 1.807) is 0 Å². The Morgan fingerprint density at radius 1 is 1.22 bits per heavy atom. The van der Waals surface area contributed by atoms with Gasteiger partial charge in [0.15, 0.2) is 0 Å². The molecule has 3 saturated carbocycles. The van der Waals surface area contributed by atoms with E-state index in [0.717, 1.165) is 12.5 Å². The summed E-state index contributed by atoms with van der Waals surface area (Å²) in [6.45, 7) is 8.25. The third-order valence-electron chi connectivity index (χ3n) is 6.40. The van der Waals surface area contributed by atoms with Crippen LogP contribution in [0.3, 0.4) is 0 Å². The molecule has 0 amide bonds. The van der Waals surface area contributed by atoms with Crippen LogP contribution in [-0.4, -0.2) is 31.3 Å². The van der Waals surface area contributed by atoms with Crippen LogP contribution >= 0.6 is 0 Å². The van der Waals surface area contributed by atoms with Gasteiger partial charge in [-0.1, -0.05) is 13.8 Å². The Bertz CT molecular complexity index is 369. The first-order valence-electron chi connectivity index (χ1n) is 7.58. The first-order valence-corrected chi connectivity index (χ1v) is 7.58. The normalized spacial score (nSPS) is 53.2. The molecular weight excluding hydrogens is 225 g/mol. The SMILES string of the molecule is CC1(C)[C@H]2CC3OB(C4CCCN4)O[C@@]3(C)[C@@H]1C2. The van der Waals surface area contributed by atoms with Crippen LogP contribution in [0.2, 0.25) is 0 Å². The zero-order chi connectivity index (χ0) is 12.5. The minimum atomic E-state index is -0.0345. The van der Waals surface area contributed by atoms with Gasteiger partial charge >= 0.3 is 7.12 Å². The second-order valence-corrected chi connectivity index (χ2v) is 7.54. The number of hydrogen-bond acceptors (Lipinski definition) is 3. The van der Waals surface area contributed by atoms with Crippen LogP contribution < -0.4 is 5.32 Å². The summed E-state index contributed by atoms with van der Waals surface area (Å²) in [6, 6.07) is 0. The molecule has 3 nitrogen and oxygen atoms in total. The van der Waals surface area contributed by atoms with Gasteiger partial charge in [0.05, 0.1) is 11.7 Å². The maximum atomic E-state index is 6.44.